The molecule has 0 bridgehead atoms. The van der Waals surface area contributed by atoms with E-state index in [0.29, 0.717) is 0 Å². The Labute approximate surface area is 72.5 Å². The molecule has 0 spiro atoms. The maximum atomic E-state index is 9.51. The number of aromatic nitrogens is 2. The van der Waals surface area contributed by atoms with Gasteiger partial charge in [0.2, 0.25) is 0 Å². The van der Waals surface area contributed by atoms with Gasteiger partial charge in [-0.15, -0.1) is 0 Å². The molecule has 0 amide bonds. The Morgan fingerprint density at radius 1 is 1.58 bits per heavy atom. The molecule has 0 saturated heterocycles. The summed E-state index contributed by atoms with van der Waals surface area (Å²) >= 11 is 0. The van der Waals surface area contributed by atoms with Crippen LogP contribution in [-0.2, 0) is 0 Å². The number of hydrogen-bond donors (Lipinski definition) is 1. The van der Waals surface area contributed by atoms with Gasteiger partial charge in [-0.05, 0) is 18.6 Å². The van der Waals surface area contributed by atoms with Crippen LogP contribution in [0.3, 0.4) is 0 Å². The molecular formula is C9H14N2O. The van der Waals surface area contributed by atoms with Crippen molar-refractivity contribution in [3.63, 3.8) is 0 Å². The number of aliphatic hydroxyl groups is 1. The largest absolute Gasteiger partial charge is 0.392 e. The zero-order chi connectivity index (χ0) is 8.97. The van der Waals surface area contributed by atoms with Gasteiger partial charge in [0, 0.05) is 12.1 Å². The molecule has 0 aliphatic heterocycles. The van der Waals surface area contributed by atoms with Gasteiger partial charge in [0.15, 0.2) is 0 Å². The molecule has 3 nitrogen and oxygen atoms in total. The highest BCUT2D eigenvalue weighted by Crippen LogP contribution is 2.17. The first-order valence-electron chi connectivity index (χ1n) is 4.21. The quantitative estimate of drug-likeness (QED) is 0.737. The second-order valence-corrected chi connectivity index (χ2v) is 2.91. The minimum absolute atomic E-state index is 0.0729. The minimum Gasteiger partial charge on any atom is -0.392 e. The summed E-state index contributed by atoms with van der Waals surface area (Å²) < 4.78 is 0. The van der Waals surface area contributed by atoms with E-state index in [4.69, 9.17) is 0 Å². The first-order chi connectivity index (χ1) is 5.75. The molecule has 0 aliphatic rings. The van der Waals surface area contributed by atoms with E-state index in [0.717, 1.165) is 12.1 Å². The highest BCUT2D eigenvalue weighted by atomic mass is 16.3. The average molecular weight is 166 g/mol. The third-order valence-electron chi connectivity index (χ3n) is 2.05. The molecule has 66 valence electrons. The monoisotopic (exact) mass is 166 g/mol. The Hall–Kier alpha value is -0.960. The molecule has 1 heterocycles. The number of rotatable bonds is 3. The van der Waals surface area contributed by atoms with Crippen LogP contribution < -0.4 is 0 Å². The van der Waals surface area contributed by atoms with Crippen LogP contribution in [0.15, 0.2) is 18.3 Å². The van der Waals surface area contributed by atoms with Gasteiger partial charge < -0.3 is 5.11 Å². The molecule has 0 saturated carbocycles. The van der Waals surface area contributed by atoms with Crippen LogP contribution in [0.1, 0.15) is 31.9 Å². The predicted molar refractivity (Wildman–Crippen MR) is 46.7 cm³/mol. The Balaban J connectivity index is 2.71. The van der Waals surface area contributed by atoms with Crippen molar-refractivity contribution in [3.05, 3.63) is 24.0 Å². The van der Waals surface area contributed by atoms with Crippen molar-refractivity contribution in [2.75, 3.05) is 0 Å². The van der Waals surface area contributed by atoms with Crippen LogP contribution in [0.4, 0.5) is 0 Å². The average Bonchev–Trinajstić information content (AvgIpc) is 2.17. The van der Waals surface area contributed by atoms with Crippen LogP contribution in [-0.4, -0.2) is 21.4 Å². The maximum absolute atomic E-state index is 9.51. The Bertz CT molecular complexity index is 225. The van der Waals surface area contributed by atoms with E-state index in [1.807, 2.05) is 26.0 Å². The van der Waals surface area contributed by atoms with E-state index in [2.05, 4.69) is 10.2 Å². The van der Waals surface area contributed by atoms with Crippen LogP contribution in [0.5, 0.6) is 0 Å². The van der Waals surface area contributed by atoms with Crippen molar-refractivity contribution in [3.8, 4) is 0 Å². The summed E-state index contributed by atoms with van der Waals surface area (Å²) in [4.78, 5) is 0. The number of hydrogen-bond acceptors (Lipinski definition) is 3. The fraction of sp³-hybridized carbons (Fsp3) is 0.556. The van der Waals surface area contributed by atoms with Gasteiger partial charge in [-0.1, -0.05) is 13.8 Å². The van der Waals surface area contributed by atoms with E-state index in [1.165, 1.54) is 0 Å². The Morgan fingerprint density at radius 2 is 2.33 bits per heavy atom. The summed E-state index contributed by atoms with van der Waals surface area (Å²) in [6.45, 7) is 3.91. The highest BCUT2D eigenvalue weighted by Gasteiger charge is 2.14. The van der Waals surface area contributed by atoms with Gasteiger partial charge in [0.25, 0.3) is 0 Å². The Morgan fingerprint density at radius 3 is 2.83 bits per heavy atom. The zero-order valence-corrected chi connectivity index (χ0v) is 7.44. The van der Waals surface area contributed by atoms with E-state index >= 15 is 0 Å². The van der Waals surface area contributed by atoms with Gasteiger partial charge in [-0.25, -0.2) is 0 Å². The lowest BCUT2D eigenvalue weighted by molar-refractivity contribution is 0.143. The lowest BCUT2D eigenvalue weighted by Gasteiger charge is -2.15. The summed E-state index contributed by atoms with van der Waals surface area (Å²) in [6.07, 6.45) is 2.06. The molecule has 3 heteroatoms. The molecule has 0 fully saturated rings. The molecule has 2 atom stereocenters. The van der Waals surface area contributed by atoms with Crippen LogP contribution in [0.2, 0.25) is 0 Å². The second-order valence-electron chi connectivity index (χ2n) is 2.91. The Kier molecular flexibility index (Phi) is 3.17. The van der Waals surface area contributed by atoms with E-state index in [1.54, 1.807) is 6.20 Å². The van der Waals surface area contributed by atoms with Crippen LogP contribution in [0, 0.1) is 0 Å². The lowest BCUT2D eigenvalue weighted by atomic mass is 9.99. The van der Waals surface area contributed by atoms with Gasteiger partial charge >= 0.3 is 0 Å². The van der Waals surface area contributed by atoms with Crippen molar-refractivity contribution in [2.24, 2.45) is 0 Å². The van der Waals surface area contributed by atoms with E-state index in [-0.39, 0.29) is 12.0 Å². The summed E-state index contributed by atoms with van der Waals surface area (Å²) in [5.74, 6) is 0.0729. The normalized spacial score (nSPS) is 15.6. The fourth-order valence-electron chi connectivity index (χ4n) is 1.11. The SMILES string of the molecule is CCC(O)C(C)c1cccnn1. The fourth-order valence-corrected chi connectivity index (χ4v) is 1.11. The molecule has 0 aliphatic carbocycles. The highest BCUT2D eigenvalue weighted by molar-refractivity contribution is 5.06. The number of aliphatic hydroxyl groups excluding tert-OH is 1. The first-order valence-corrected chi connectivity index (χ1v) is 4.21. The molecule has 0 radical (unpaired) electrons. The van der Waals surface area contributed by atoms with Crippen molar-refractivity contribution in [1.82, 2.24) is 10.2 Å². The summed E-state index contributed by atoms with van der Waals surface area (Å²) in [5, 5.41) is 17.2. The van der Waals surface area contributed by atoms with Gasteiger partial charge in [-0.2, -0.15) is 10.2 Å². The summed E-state index contributed by atoms with van der Waals surface area (Å²) in [7, 11) is 0. The molecular weight excluding hydrogens is 152 g/mol. The molecule has 1 rings (SSSR count). The van der Waals surface area contributed by atoms with Crippen molar-refractivity contribution in [2.45, 2.75) is 32.3 Å². The first kappa shape index (κ1) is 9.13. The smallest absolute Gasteiger partial charge is 0.0684 e. The zero-order valence-electron chi connectivity index (χ0n) is 7.44. The third kappa shape index (κ3) is 2.01. The maximum Gasteiger partial charge on any atom is 0.0684 e. The molecule has 1 N–H and O–H groups in total. The molecule has 2 unspecified atom stereocenters. The standard InChI is InChI=1S/C9H14N2O/c1-3-9(12)7(2)8-5-4-6-10-11-8/h4-7,9,12H,3H2,1-2H3. The van der Waals surface area contributed by atoms with Gasteiger partial charge in [0.1, 0.15) is 0 Å². The molecule has 1 aromatic rings. The van der Waals surface area contributed by atoms with Crippen molar-refractivity contribution >= 4 is 0 Å². The van der Waals surface area contributed by atoms with Crippen LogP contribution in [0.25, 0.3) is 0 Å². The van der Waals surface area contributed by atoms with Gasteiger partial charge in [-0.3, -0.25) is 0 Å². The van der Waals surface area contributed by atoms with Crippen molar-refractivity contribution in [1.29, 1.82) is 0 Å². The number of nitrogens with zero attached hydrogens (tertiary/aromatic N) is 2. The topological polar surface area (TPSA) is 46.0 Å². The molecule has 12 heavy (non-hydrogen) atoms. The third-order valence-corrected chi connectivity index (χ3v) is 2.05. The molecule has 0 aromatic carbocycles. The second kappa shape index (κ2) is 4.16. The van der Waals surface area contributed by atoms with E-state index in [9.17, 15) is 5.11 Å². The predicted octanol–water partition coefficient (Wildman–Crippen LogP) is 1.35. The van der Waals surface area contributed by atoms with Gasteiger partial charge in [0.05, 0.1) is 11.8 Å². The summed E-state index contributed by atoms with van der Waals surface area (Å²) in [6, 6.07) is 3.72. The van der Waals surface area contributed by atoms with E-state index < -0.39 is 0 Å². The summed E-state index contributed by atoms with van der Waals surface area (Å²) in [5.41, 5.74) is 0.854. The van der Waals surface area contributed by atoms with Crippen molar-refractivity contribution < 1.29 is 5.11 Å². The van der Waals surface area contributed by atoms with Crippen LogP contribution >= 0.6 is 0 Å². The molecule has 1 aromatic heterocycles. The lowest BCUT2D eigenvalue weighted by Crippen LogP contribution is -2.15. The minimum atomic E-state index is -0.318.